The molecule has 0 atom stereocenters. The number of halogens is 2. The van der Waals surface area contributed by atoms with Crippen LogP contribution in [0.15, 0.2) is 70.2 Å². The van der Waals surface area contributed by atoms with Crippen molar-refractivity contribution < 1.29 is 18.7 Å². The van der Waals surface area contributed by atoms with Gasteiger partial charge in [0.05, 0.1) is 17.8 Å². The number of hydrazone groups is 1. The maximum atomic E-state index is 12.9. The molecule has 0 aromatic heterocycles. The van der Waals surface area contributed by atoms with Gasteiger partial charge in [0.1, 0.15) is 12.4 Å². The number of carbonyl (C=O) groups excluding carboxylic acids is 1. The van der Waals surface area contributed by atoms with Crippen LogP contribution in [0.5, 0.6) is 11.5 Å². The standard InChI is InChI=1S/C23H20BrFN2O3/c1-15-3-5-16(6-4-15)14-30-22-20(24)11-17(12-21(22)29-2)13-26-27-23(28)18-7-9-19(25)10-8-18/h3-13H,14H2,1-2H3,(H,27,28)/b26-13-. The molecule has 3 rings (SSSR count). The summed E-state index contributed by atoms with van der Waals surface area (Å²) in [4.78, 5) is 12.0. The van der Waals surface area contributed by atoms with Gasteiger partial charge < -0.3 is 9.47 Å². The molecular formula is C23H20BrFN2O3. The minimum Gasteiger partial charge on any atom is -0.493 e. The summed E-state index contributed by atoms with van der Waals surface area (Å²) in [5, 5.41) is 3.95. The molecule has 0 radical (unpaired) electrons. The van der Waals surface area contributed by atoms with Crippen molar-refractivity contribution in [3.63, 3.8) is 0 Å². The highest BCUT2D eigenvalue weighted by molar-refractivity contribution is 9.10. The van der Waals surface area contributed by atoms with Gasteiger partial charge in [0.25, 0.3) is 5.91 Å². The van der Waals surface area contributed by atoms with Crippen molar-refractivity contribution >= 4 is 28.1 Å². The summed E-state index contributed by atoms with van der Waals surface area (Å²) in [5.74, 6) is 0.264. The van der Waals surface area contributed by atoms with Gasteiger partial charge >= 0.3 is 0 Å². The minimum absolute atomic E-state index is 0.312. The largest absolute Gasteiger partial charge is 0.493 e. The number of ether oxygens (including phenoxy) is 2. The fraction of sp³-hybridized carbons (Fsp3) is 0.130. The van der Waals surface area contributed by atoms with E-state index in [9.17, 15) is 9.18 Å². The van der Waals surface area contributed by atoms with Crippen molar-refractivity contribution in [3.05, 3.63) is 93.2 Å². The lowest BCUT2D eigenvalue weighted by Gasteiger charge is -2.13. The van der Waals surface area contributed by atoms with Crippen LogP contribution in [0.3, 0.4) is 0 Å². The van der Waals surface area contributed by atoms with Gasteiger partial charge in [-0.2, -0.15) is 5.10 Å². The third-order valence-electron chi connectivity index (χ3n) is 4.24. The Morgan fingerprint density at radius 3 is 2.50 bits per heavy atom. The maximum absolute atomic E-state index is 12.9. The number of rotatable bonds is 7. The van der Waals surface area contributed by atoms with Gasteiger partial charge in [-0.1, -0.05) is 29.8 Å². The van der Waals surface area contributed by atoms with Crippen molar-refractivity contribution in [2.75, 3.05) is 7.11 Å². The zero-order valence-corrected chi connectivity index (χ0v) is 18.1. The normalized spacial score (nSPS) is 10.8. The van der Waals surface area contributed by atoms with Gasteiger partial charge in [0, 0.05) is 5.56 Å². The molecular weight excluding hydrogens is 451 g/mol. The Labute approximate surface area is 182 Å². The SMILES string of the molecule is COc1cc(/C=N\NC(=O)c2ccc(F)cc2)cc(Br)c1OCc1ccc(C)cc1. The van der Waals surface area contributed by atoms with Crippen molar-refractivity contribution in [2.45, 2.75) is 13.5 Å². The van der Waals surface area contributed by atoms with E-state index in [1.807, 2.05) is 31.2 Å². The summed E-state index contributed by atoms with van der Waals surface area (Å²) in [6.07, 6.45) is 1.48. The third kappa shape index (κ3) is 5.67. The number of carbonyl (C=O) groups is 1. The predicted molar refractivity (Wildman–Crippen MR) is 118 cm³/mol. The van der Waals surface area contributed by atoms with Crippen LogP contribution in [0.1, 0.15) is 27.0 Å². The van der Waals surface area contributed by atoms with Crippen LogP contribution >= 0.6 is 15.9 Å². The summed E-state index contributed by atoms with van der Waals surface area (Å²) in [7, 11) is 1.55. The van der Waals surface area contributed by atoms with E-state index < -0.39 is 11.7 Å². The number of methoxy groups -OCH3 is 1. The lowest BCUT2D eigenvalue weighted by atomic mass is 10.2. The molecule has 0 saturated heterocycles. The second-order valence-electron chi connectivity index (χ2n) is 6.51. The Hall–Kier alpha value is -3.19. The molecule has 1 N–H and O–H groups in total. The third-order valence-corrected chi connectivity index (χ3v) is 4.83. The molecule has 0 spiro atoms. The molecule has 0 aliphatic heterocycles. The number of amides is 1. The number of hydrogen-bond acceptors (Lipinski definition) is 4. The van der Waals surface area contributed by atoms with Crippen LogP contribution in [-0.4, -0.2) is 19.2 Å². The Bertz CT molecular complexity index is 1050. The fourth-order valence-electron chi connectivity index (χ4n) is 2.63. The van der Waals surface area contributed by atoms with E-state index in [0.717, 1.165) is 5.56 Å². The van der Waals surface area contributed by atoms with Crippen LogP contribution in [0.2, 0.25) is 0 Å². The van der Waals surface area contributed by atoms with Gasteiger partial charge in [-0.05, 0) is 70.4 Å². The number of benzene rings is 3. The summed E-state index contributed by atoms with van der Waals surface area (Å²) >= 11 is 3.50. The lowest BCUT2D eigenvalue weighted by Crippen LogP contribution is -2.17. The van der Waals surface area contributed by atoms with Crippen molar-refractivity contribution in [1.82, 2.24) is 5.43 Å². The summed E-state index contributed by atoms with van der Waals surface area (Å²) in [6.45, 7) is 2.43. The maximum Gasteiger partial charge on any atom is 0.271 e. The van der Waals surface area contributed by atoms with Crippen molar-refractivity contribution in [2.24, 2.45) is 5.10 Å². The van der Waals surface area contributed by atoms with E-state index in [1.54, 1.807) is 19.2 Å². The first kappa shape index (κ1) is 21.5. The summed E-state index contributed by atoms with van der Waals surface area (Å²) in [6, 6.07) is 16.9. The molecule has 154 valence electrons. The average Bonchev–Trinajstić information content (AvgIpc) is 2.74. The number of nitrogens with one attached hydrogen (secondary N) is 1. The van der Waals surface area contributed by atoms with Crippen LogP contribution in [0, 0.1) is 12.7 Å². The van der Waals surface area contributed by atoms with E-state index in [2.05, 4.69) is 26.5 Å². The monoisotopic (exact) mass is 470 g/mol. The highest BCUT2D eigenvalue weighted by atomic mass is 79.9. The van der Waals surface area contributed by atoms with E-state index in [4.69, 9.17) is 9.47 Å². The van der Waals surface area contributed by atoms with Crippen LogP contribution in [0.4, 0.5) is 4.39 Å². The van der Waals surface area contributed by atoms with E-state index in [-0.39, 0.29) is 0 Å². The molecule has 0 bridgehead atoms. The molecule has 5 nitrogen and oxygen atoms in total. The topological polar surface area (TPSA) is 59.9 Å². The molecule has 0 saturated carbocycles. The second kappa shape index (κ2) is 10.0. The summed E-state index contributed by atoms with van der Waals surface area (Å²) in [5.41, 5.74) is 5.65. The smallest absolute Gasteiger partial charge is 0.271 e. The van der Waals surface area contributed by atoms with E-state index in [1.165, 1.54) is 36.0 Å². The van der Waals surface area contributed by atoms with Gasteiger partial charge in [0.15, 0.2) is 11.5 Å². The molecule has 3 aromatic rings. The number of aryl methyl sites for hydroxylation is 1. The first-order valence-electron chi connectivity index (χ1n) is 9.11. The molecule has 0 heterocycles. The molecule has 0 fully saturated rings. The molecule has 30 heavy (non-hydrogen) atoms. The van der Waals surface area contributed by atoms with Crippen molar-refractivity contribution in [3.8, 4) is 11.5 Å². The fourth-order valence-corrected chi connectivity index (χ4v) is 3.20. The van der Waals surface area contributed by atoms with Crippen LogP contribution < -0.4 is 14.9 Å². The van der Waals surface area contributed by atoms with Crippen LogP contribution in [0.25, 0.3) is 0 Å². The van der Waals surface area contributed by atoms with E-state index in [0.29, 0.717) is 33.7 Å². The van der Waals surface area contributed by atoms with Gasteiger partial charge in [-0.25, -0.2) is 9.82 Å². The van der Waals surface area contributed by atoms with Crippen molar-refractivity contribution in [1.29, 1.82) is 0 Å². The predicted octanol–water partition coefficient (Wildman–Crippen LogP) is 5.25. The first-order chi connectivity index (χ1) is 14.5. The van der Waals surface area contributed by atoms with E-state index >= 15 is 0 Å². The number of nitrogens with zero attached hydrogens (tertiary/aromatic N) is 1. The average molecular weight is 471 g/mol. The zero-order chi connectivity index (χ0) is 21.5. The first-order valence-corrected chi connectivity index (χ1v) is 9.90. The number of hydrogen-bond donors (Lipinski definition) is 1. The molecule has 1 amide bonds. The molecule has 7 heteroatoms. The lowest BCUT2D eigenvalue weighted by molar-refractivity contribution is 0.0955. The van der Waals surface area contributed by atoms with Crippen LogP contribution in [-0.2, 0) is 6.61 Å². The Morgan fingerprint density at radius 2 is 1.83 bits per heavy atom. The highest BCUT2D eigenvalue weighted by Crippen LogP contribution is 2.36. The quantitative estimate of drug-likeness (QED) is 0.379. The Balaban J connectivity index is 1.68. The highest BCUT2D eigenvalue weighted by Gasteiger charge is 2.12. The second-order valence-corrected chi connectivity index (χ2v) is 7.37. The zero-order valence-electron chi connectivity index (χ0n) is 16.5. The molecule has 0 aliphatic rings. The molecule has 0 unspecified atom stereocenters. The summed E-state index contributed by atoms with van der Waals surface area (Å²) < 4.78 is 25.0. The Morgan fingerprint density at radius 1 is 1.13 bits per heavy atom. The van der Waals surface area contributed by atoms with Gasteiger partial charge in [-0.15, -0.1) is 0 Å². The molecule has 3 aromatic carbocycles. The van der Waals surface area contributed by atoms with Gasteiger partial charge in [0.2, 0.25) is 0 Å². The van der Waals surface area contributed by atoms with Gasteiger partial charge in [-0.3, -0.25) is 4.79 Å². The minimum atomic E-state index is -0.435. The molecule has 0 aliphatic carbocycles. The Kier molecular flexibility index (Phi) is 7.19.